The molecule has 0 atom stereocenters. The largest absolute Gasteiger partial charge is 0.298 e. The van der Waals surface area contributed by atoms with Crippen LogP contribution in [0.1, 0.15) is 26.4 Å². The maximum atomic E-state index is 12.4. The van der Waals surface area contributed by atoms with Gasteiger partial charge in [0.05, 0.1) is 5.75 Å². The number of rotatable bonds is 6. The van der Waals surface area contributed by atoms with Gasteiger partial charge in [-0.25, -0.2) is 13.4 Å². The molecule has 0 aliphatic carbocycles. The zero-order chi connectivity index (χ0) is 20.3. The molecule has 0 aliphatic rings. The summed E-state index contributed by atoms with van der Waals surface area (Å²) in [4.78, 5) is 17.5. The van der Waals surface area contributed by atoms with Crippen molar-refractivity contribution in [1.29, 1.82) is 0 Å². The van der Waals surface area contributed by atoms with Crippen LogP contribution in [0.2, 0.25) is 10.0 Å². The van der Waals surface area contributed by atoms with E-state index in [1.54, 1.807) is 48.7 Å². The molecule has 2 aromatic carbocycles. The molecule has 5 nitrogen and oxygen atoms in total. The van der Waals surface area contributed by atoms with Crippen molar-refractivity contribution in [2.45, 2.75) is 12.2 Å². The first-order valence-corrected chi connectivity index (χ1v) is 11.8. The van der Waals surface area contributed by atoms with Crippen LogP contribution in [0, 0.1) is 0 Å². The summed E-state index contributed by atoms with van der Waals surface area (Å²) in [5.74, 6) is -0.371. The zero-order valence-corrected chi connectivity index (χ0v) is 17.9. The van der Waals surface area contributed by atoms with Crippen molar-refractivity contribution in [1.82, 2.24) is 4.98 Å². The van der Waals surface area contributed by atoms with E-state index in [4.69, 9.17) is 23.2 Å². The van der Waals surface area contributed by atoms with Crippen LogP contribution in [0.25, 0.3) is 0 Å². The van der Waals surface area contributed by atoms with Crippen LogP contribution in [-0.4, -0.2) is 25.6 Å². The Morgan fingerprint density at radius 3 is 2.54 bits per heavy atom. The fourth-order valence-corrected chi connectivity index (χ4v) is 4.55. The van der Waals surface area contributed by atoms with E-state index in [0.29, 0.717) is 32.7 Å². The van der Waals surface area contributed by atoms with Gasteiger partial charge in [0.1, 0.15) is 0 Å². The minimum absolute atomic E-state index is 0.0587. The molecule has 0 fully saturated rings. The van der Waals surface area contributed by atoms with Crippen molar-refractivity contribution in [3.63, 3.8) is 0 Å². The number of nitrogens with one attached hydrogen (secondary N) is 1. The topological polar surface area (TPSA) is 76.1 Å². The molecule has 0 aliphatic heterocycles. The highest BCUT2D eigenvalue weighted by molar-refractivity contribution is 7.89. The van der Waals surface area contributed by atoms with Crippen molar-refractivity contribution >= 4 is 55.4 Å². The van der Waals surface area contributed by atoms with E-state index in [1.807, 2.05) is 0 Å². The van der Waals surface area contributed by atoms with E-state index >= 15 is 0 Å². The number of benzene rings is 2. The lowest BCUT2D eigenvalue weighted by Gasteiger charge is -2.04. The Kier molecular flexibility index (Phi) is 6.40. The number of hydrogen-bond donors (Lipinski definition) is 1. The van der Waals surface area contributed by atoms with Crippen LogP contribution >= 0.6 is 34.5 Å². The van der Waals surface area contributed by atoms with E-state index in [0.717, 1.165) is 10.4 Å². The second kappa shape index (κ2) is 8.61. The molecule has 1 heterocycles. The van der Waals surface area contributed by atoms with E-state index in [1.165, 1.54) is 17.6 Å². The van der Waals surface area contributed by atoms with Crippen molar-refractivity contribution in [3.8, 4) is 0 Å². The average Bonchev–Trinajstić information content (AvgIpc) is 3.04. The molecule has 0 spiro atoms. The summed E-state index contributed by atoms with van der Waals surface area (Å²) in [6.45, 7) is 0. The van der Waals surface area contributed by atoms with Crippen molar-refractivity contribution in [2.75, 3.05) is 11.6 Å². The van der Waals surface area contributed by atoms with Gasteiger partial charge in [0.2, 0.25) is 0 Å². The number of halogens is 2. The van der Waals surface area contributed by atoms with Gasteiger partial charge in [0.25, 0.3) is 5.91 Å². The number of thiazole rings is 1. The Labute approximate surface area is 177 Å². The van der Waals surface area contributed by atoms with E-state index in [2.05, 4.69) is 10.3 Å². The number of nitrogens with zero attached hydrogens (tertiary/aromatic N) is 1. The number of amides is 1. The predicted molar refractivity (Wildman–Crippen MR) is 114 cm³/mol. The van der Waals surface area contributed by atoms with Gasteiger partial charge in [0.15, 0.2) is 15.0 Å². The smallest absolute Gasteiger partial charge is 0.257 e. The number of aromatic nitrogens is 1. The van der Waals surface area contributed by atoms with Gasteiger partial charge in [-0.05, 0) is 41.5 Å². The fraction of sp³-hybridized carbons (Fsp3) is 0.158. The first kappa shape index (κ1) is 20.8. The molecule has 3 aromatic rings. The number of hydrogen-bond acceptors (Lipinski definition) is 5. The molecule has 146 valence electrons. The van der Waals surface area contributed by atoms with Gasteiger partial charge in [-0.2, -0.15) is 0 Å². The quantitative estimate of drug-likeness (QED) is 0.577. The van der Waals surface area contributed by atoms with Crippen LogP contribution in [-0.2, 0) is 22.0 Å². The molecule has 9 heteroatoms. The number of anilines is 1. The lowest BCUT2D eigenvalue weighted by molar-refractivity contribution is 0.102. The third-order valence-corrected chi connectivity index (χ3v) is 6.17. The Morgan fingerprint density at radius 1 is 1.14 bits per heavy atom. The Morgan fingerprint density at radius 2 is 1.86 bits per heavy atom. The molecule has 0 unspecified atom stereocenters. The molecule has 0 radical (unpaired) electrons. The average molecular weight is 455 g/mol. The van der Waals surface area contributed by atoms with Gasteiger partial charge >= 0.3 is 0 Å². The second-order valence-corrected chi connectivity index (χ2v) is 10.4. The van der Waals surface area contributed by atoms with Crippen LogP contribution in [0.3, 0.4) is 0 Å². The van der Waals surface area contributed by atoms with Crippen molar-refractivity contribution in [2.24, 2.45) is 0 Å². The Hall–Kier alpha value is -1.93. The maximum Gasteiger partial charge on any atom is 0.257 e. The normalized spacial score (nSPS) is 11.4. The first-order valence-electron chi connectivity index (χ1n) is 8.16. The lowest BCUT2D eigenvalue weighted by atomic mass is 10.1. The van der Waals surface area contributed by atoms with Gasteiger partial charge in [0, 0.05) is 39.4 Å². The van der Waals surface area contributed by atoms with Gasteiger partial charge in [-0.15, -0.1) is 11.3 Å². The monoisotopic (exact) mass is 454 g/mol. The number of sulfone groups is 1. The Bertz CT molecular complexity index is 1110. The highest BCUT2D eigenvalue weighted by atomic mass is 35.5. The van der Waals surface area contributed by atoms with Gasteiger partial charge in [-0.3, -0.25) is 10.1 Å². The van der Waals surface area contributed by atoms with E-state index < -0.39 is 9.84 Å². The predicted octanol–water partition coefficient (Wildman–Crippen LogP) is 4.84. The molecule has 28 heavy (non-hydrogen) atoms. The fourth-order valence-electron chi connectivity index (χ4n) is 2.54. The summed E-state index contributed by atoms with van der Waals surface area (Å²) in [5.41, 5.74) is 1.94. The molecule has 0 bridgehead atoms. The highest BCUT2D eigenvalue weighted by Gasteiger charge is 2.12. The maximum absolute atomic E-state index is 12.4. The van der Waals surface area contributed by atoms with Gasteiger partial charge < -0.3 is 0 Å². The highest BCUT2D eigenvalue weighted by Crippen LogP contribution is 2.27. The SMILES string of the molecule is CS(=O)(=O)Cc1ccc(C(=O)Nc2ncc(Cc3cc(Cl)ccc3Cl)s2)cc1. The molecular formula is C19H16Cl2N2O3S2. The van der Waals surface area contributed by atoms with Crippen LogP contribution in [0.5, 0.6) is 0 Å². The number of carbonyl (C=O) groups excluding carboxylic acids is 1. The first-order chi connectivity index (χ1) is 13.2. The third-order valence-electron chi connectivity index (χ3n) is 3.79. The minimum atomic E-state index is -3.11. The zero-order valence-electron chi connectivity index (χ0n) is 14.8. The summed E-state index contributed by atoms with van der Waals surface area (Å²) in [5, 5.41) is 4.45. The van der Waals surface area contributed by atoms with Gasteiger partial charge in [-0.1, -0.05) is 35.3 Å². The minimum Gasteiger partial charge on any atom is -0.298 e. The second-order valence-electron chi connectivity index (χ2n) is 6.27. The molecular weight excluding hydrogens is 439 g/mol. The van der Waals surface area contributed by atoms with E-state index in [9.17, 15) is 13.2 Å². The lowest BCUT2D eigenvalue weighted by Crippen LogP contribution is -2.11. The standard InChI is InChI=1S/C19H16Cl2N2O3S2/c1-28(25,26)11-12-2-4-13(5-3-12)18(24)23-19-22-10-16(27-19)9-14-8-15(20)6-7-17(14)21/h2-8,10H,9,11H2,1H3,(H,22,23,24). The summed E-state index contributed by atoms with van der Waals surface area (Å²) in [7, 11) is -3.11. The summed E-state index contributed by atoms with van der Waals surface area (Å²) < 4.78 is 22.7. The van der Waals surface area contributed by atoms with Crippen molar-refractivity contribution in [3.05, 3.63) is 80.3 Å². The summed E-state index contributed by atoms with van der Waals surface area (Å²) in [6.07, 6.45) is 3.42. The number of carbonyl (C=O) groups is 1. The van der Waals surface area contributed by atoms with Crippen LogP contribution in [0.4, 0.5) is 5.13 Å². The Balaban J connectivity index is 1.66. The summed E-state index contributed by atoms with van der Waals surface area (Å²) >= 11 is 13.6. The molecule has 1 aromatic heterocycles. The molecule has 0 saturated heterocycles. The van der Waals surface area contributed by atoms with E-state index in [-0.39, 0.29) is 11.7 Å². The van der Waals surface area contributed by atoms with Crippen LogP contribution in [0.15, 0.2) is 48.7 Å². The third kappa shape index (κ3) is 5.78. The molecule has 3 rings (SSSR count). The van der Waals surface area contributed by atoms with Crippen molar-refractivity contribution < 1.29 is 13.2 Å². The molecule has 1 amide bonds. The molecule has 1 N–H and O–H groups in total. The van der Waals surface area contributed by atoms with Crippen LogP contribution < -0.4 is 5.32 Å². The molecule has 0 saturated carbocycles. The summed E-state index contributed by atoms with van der Waals surface area (Å²) in [6, 6.07) is 11.7.